The quantitative estimate of drug-likeness (QED) is 0.745. The molecule has 0 aromatic carbocycles. The van der Waals surface area contributed by atoms with E-state index in [4.69, 9.17) is 21.4 Å². The molecule has 0 aromatic heterocycles. The molecule has 0 amide bonds. The summed E-state index contributed by atoms with van der Waals surface area (Å²) in [6.45, 7) is 3.12. The zero-order valence-electron chi connectivity index (χ0n) is 10.2. The summed E-state index contributed by atoms with van der Waals surface area (Å²) >= 11 is 6.16. The zero-order chi connectivity index (χ0) is 12.9. The van der Waals surface area contributed by atoms with Gasteiger partial charge in [-0.3, -0.25) is 0 Å². The Balaban J connectivity index is 2.89. The van der Waals surface area contributed by atoms with Crippen molar-refractivity contribution in [3.8, 4) is 0 Å². The van der Waals surface area contributed by atoms with Gasteiger partial charge in [-0.2, -0.15) is 0 Å². The molecule has 1 aliphatic carbocycles. The lowest BCUT2D eigenvalue weighted by atomic mass is 10.0. The molecule has 1 atom stereocenters. The van der Waals surface area contributed by atoms with E-state index in [2.05, 4.69) is 0 Å². The highest BCUT2D eigenvalue weighted by Crippen LogP contribution is 2.27. The van der Waals surface area contributed by atoms with Crippen LogP contribution in [0.3, 0.4) is 0 Å². The molecule has 0 saturated heterocycles. The van der Waals surface area contributed by atoms with Gasteiger partial charge in [0, 0.05) is 18.1 Å². The molecule has 0 radical (unpaired) electrons. The number of aliphatic hydroxyl groups excluding tert-OH is 1. The Hall–Kier alpha value is -0.610. The molecule has 0 spiro atoms. The predicted octanol–water partition coefficient (Wildman–Crippen LogP) is 2.49. The van der Waals surface area contributed by atoms with Crippen molar-refractivity contribution in [1.29, 1.82) is 0 Å². The first-order valence-electron chi connectivity index (χ1n) is 5.67. The highest BCUT2D eigenvalue weighted by molar-refractivity contribution is 6.31. The zero-order valence-corrected chi connectivity index (χ0v) is 10.9. The predicted molar refractivity (Wildman–Crippen MR) is 68.6 cm³/mol. The van der Waals surface area contributed by atoms with Crippen LogP contribution < -0.4 is 0 Å². The first-order chi connectivity index (χ1) is 7.94. The summed E-state index contributed by atoms with van der Waals surface area (Å²) in [6.07, 6.45) is 8.23. The summed E-state index contributed by atoms with van der Waals surface area (Å²) < 4.78 is 5.53. The Kier molecular flexibility index (Phi) is 5.40. The normalized spacial score (nSPS) is 18.4. The molecule has 0 saturated carbocycles. The average Bonchev–Trinajstić information content (AvgIpc) is 2.40. The molecule has 1 unspecified atom stereocenters. The third-order valence-electron chi connectivity index (χ3n) is 2.34. The number of allylic oxidation sites excluding steroid dienone is 5. The molecule has 17 heavy (non-hydrogen) atoms. The van der Waals surface area contributed by atoms with E-state index in [0.717, 1.165) is 5.57 Å². The van der Waals surface area contributed by atoms with Crippen molar-refractivity contribution >= 4 is 11.6 Å². The summed E-state index contributed by atoms with van der Waals surface area (Å²) in [5, 5.41) is 19.4. The highest BCUT2D eigenvalue weighted by atomic mass is 35.5. The minimum absolute atomic E-state index is 0.0121. The van der Waals surface area contributed by atoms with Crippen LogP contribution in [0.1, 0.15) is 26.7 Å². The van der Waals surface area contributed by atoms with Crippen molar-refractivity contribution in [3.05, 3.63) is 34.9 Å². The van der Waals surface area contributed by atoms with Crippen LogP contribution in [0.5, 0.6) is 0 Å². The molecule has 1 aliphatic rings. The molecule has 0 aromatic rings. The summed E-state index contributed by atoms with van der Waals surface area (Å²) in [5.74, 6) is -1.25. The minimum Gasteiger partial charge on any atom is -0.396 e. The van der Waals surface area contributed by atoms with Crippen LogP contribution in [0.2, 0.25) is 0 Å². The largest absolute Gasteiger partial charge is 0.396 e. The van der Waals surface area contributed by atoms with Gasteiger partial charge in [-0.15, -0.1) is 0 Å². The van der Waals surface area contributed by atoms with Crippen LogP contribution in [0.4, 0.5) is 0 Å². The van der Waals surface area contributed by atoms with Crippen LogP contribution >= 0.6 is 11.6 Å². The molecule has 0 bridgehead atoms. The molecule has 2 N–H and O–H groups in total. The Bertz CT molecular complexity index is 337. The Morgan fingerprint density at radius 1 is 1.47 bits per heavy atom. The number of rotatable bonds is 5. The van der Waals surface area contributed by atoms with Gasteiger partial charge in [0.25, 0.3) is 0 Å². The second kappa shape index (κ2) is 6.36. The van der Waals surface area contributed by atoms with Gasteiger partial charge < -0.3 is 14.9 Å². The highest BCUT2D eigenvalue weighted by Gasteiger charge is 2.24. The maximum atomic E-state index is 9.70. The second-order valence-electron chi connectivity index (χ2n) is 4.43. The van der Waals surface area contributed by atoms with E-state index in [9.17, 15) is 5.11 Å². The third kappa shape index (κ3) is 5.04. The van der Waals surface area contributed by atoms with E-state index < -0.39 is 5.79 Å². The van der Waals surface area contributed by atoms with Gasteiger partial charge in [-0.25, -0.2) is 0 Å². The molecule has 3 nitrogen and oxygen atoms in total. The summed E-state index contributed by atoms with van der Waals surface area (Å²) in [7, 11) is 0. The van der Waals surface area contributed by atoms with Gasteiger partial charge in [-0.1, -0.05) is 29.8 Å². The molecular weight excluding hydrogens is 240 g/mol. The van der Waals surface area contributed by atoms with Crippen molar-refractivity contribution in [2.24, 2.45) is 0 Å². The first kappa shape index (κ1) is 14.5. The second-order valence-corrected chi connectivity index (χ2v) is 4.84. The minimum atomic E-state index is -1.25. The smallest absolute Gasteiger partial charge is 0.160 e. The van der Waals surface area contributed by atoms with Crippen molar-refractivity contribution in [2.45, 2.75) is 38.6 Å². The summed E-state index contributed by atoms with van der Waals surface area (Å²) in [6, 6.07) is 0. The SMILES string of the molecule is CC(C)(O)OC(CCO)C1=C(Cl)C=CC=CC1. The van der Waals surface area contributed by atoms with E-state index >= 15 is 0 Å². The standard InChI is InChI=1S/C13H19ClO3/c1-13(2,16)17-12(8-9-15)10-6-4-3-5-7-11(10)14/h3-5,7,12,15-16H,6,8-9H2,1-2H3. The molecule has 0 aliphatic heterocycles. The van der Waals surface area contributed by atoms with Crippen molar-refractivity contribution < 1.29 is 14.9 Å². The van der Waals surface area contributed by atoms with Crippen LogP contribution in [-0.4, -0.2) is 28.7 Å². The van der Waals surface area contributed by atoms with Gasteiger partial charge in [-0.05, 0) is 31.9 Å². The molecule has 96 valence electrons. The topological polar surface area (TPSA) is 49.7 Å². The summed E-state index contributed by atoms with van der Waals surface area (Å²) in [5.41, 5.74) is 0.882. The Labute approximate surface area is 107 Å². The van der Waals surface area contributed by atoms with E-state index in [1.165, 1.54) is 0 Å². The maximum absolute atomic E-state index is 9.70. The lowest BCUT2D eigenvalue weighted by Crippen LogP contribution is -2.32. The number of hydrogen-bond donors (Lipinski definition) is 2. The van der Waals surface area contributed by atoms with Gasteiger partial charge in [0.2, 0.25) is 0 Å². The van der Waals surface area contributed by atoms with Gasteiger partial charge in [0.1, 0.15) is 0 Å². The first-order valence-corrected chi connectivity index (χ1v) is 6.04. The number of aliphatic hydroxyl groups is 2. The Morgan fingerprint density at radius 3 is 2.76 bits per heavy atom. The molecule has 0 fully saturated rings. The van der Waals surface area contributed by atoms with Crippen molar-refractivity contribution in [3.63, 3.8) is 0 Å². The van der Waals surface area contributed by atoms with E-state index in [-0.39, 0.29) is 12.7 Å². The van der Waals surface area contributed by atoms with Crippen LogP contribution in [0, 0.1) is 0 Å². The van der Waals surface area contributed by atoms with Crippen molar-refractivity contribution in [1.82, 2.24) is 0 Å². The fraction of sp³-hybridized carbons (Fsp3) is 0.538. The fourth-order valence-corrected chi connectivity index (χ4v) is 1.94. The van der Waals surface area contributed by atoms with E-state index in [1.807, 2.05) is 18.2 Å². The lowest BCUT2D eigenvalue weighted by Gasteiger charge is -2.28. The van der Waals surface area contributed by atoms with Crippen LogP contribution in [-0.2, 0) is 4.74 Å². The molecule has 1 rings (SSSR count). The average molecular weight is 259 g/mol. The van der Waals surface area contributed by atoms with Gasteiger partial charge in [0.15, 0.2) is 5.79 Å². The fourth-order valence-electron chi connectivity index (χ4n) is 1.67. The van der Waals surface area contributed by atoms with E-state index in [0.29, 0.717) is 17.9 Å². The van der Waals surface area contributed by atoms with Crippen LogP contribution in [0.15, 0.2) is 34.9 Å². The monoisotopic (exact) mass is 258 g/mol. The maximum Gasteiger partial charge on any atom is 0.160 e. The number of hydrogen-bond acceptors (Lipinski definition) is 3. The number of ether oxygens (including phenoxy) is 1. The van der Waals surface area contributed by atoms with Crippen molar-refractivity contribution in [2.75, 3.05) is 6.61 Å². The molecule has 0 heterocycles. The van der Waals surface area contributed by atoms with E-state index in [1.54, 1.807) is 19.9 Å². The summed E-state index contributed by atoms with van der Waals surface area (Å²) in [4.78, 5) is 0. The Morgan fingerprint density at radius 2 is 2.18 bits per heavy atom. The van der Waals surface area contributed by atoms with Gasteiger partial charge >= 0.3 is 0 Å². The molecular formula is C13H19ClO3. The van der Waals surface area contributed by atoms with Crippen LogP contribution in [0.25, 0.3) is 0 Å². The molecule has 4 heteroatoms. The lowest BCUT2D eigenvalue weighted by molar-refractivity contribution is -0.199. The number of halogens is 1. The third-order valence-corrected chi connectivity index (χ3v) is 2.71. The van der Waals surface area contributed by atoms with Gasteiger partial charge in [0.05, 0.1) is 6.10 Å².